The zero-order valence-electron chi connectivity index (χ0n) is 18.6. The van der Waals surface area contributed by atoms with Crippen molar-refractivity contribution >= 4 is 34.1 Å². The van der Waals surface area contributed by atoms with Crippen molar-refractivity contribution in [2.75, 3.05) is 0 Å². The fraction of sp³-hybridized carbons (Fsp3) is 0.111. The summed E-state index contributed by atoms with van der Waals surface area (Å²) in [6.45, 7) is 0.492. The van der Waals surface area contributed by atoms with E-state index < -0.39 is 5.97 Å². The summed E-state index contributed by atoms with van der Waals surface area (Å²) in [5.41, 5.74) is 3.57. The minimum Gasteiger partial charge on any atom is -0.456 e. The van der Waals surface area contributed by atoms with Crippen molar-refractivity contribution in [2.45, 2.75) is 19.6 Å². The molecule has 0 atom stereocenters. The number of amides is 1. The molecule has 0 radical (unpaired) electrons. The minimum absolute atomic E-state index is 0.0220. The van der Waals surface area contributed by atoms with Crippen molar-refractivity contribution < 1.29 is 18.8 Å². The molecular weight excluding hydrogens is 462 g/mol. The van der Waals surface area contributed by atoms with Gasteiger partial charge in [-0.1, -0.05) is 65.8 Å². The van der Waals surface area contributed by atoms with Crippen LogP contribution in [0.25, 0.3) is 22.2 Å². The van der Waals surface area contributed by atoms with Crippen LogP contribution in [0, 0.1) is 0 Å². The van der Waals surface area contributed by atoms with Gasteiger partial charge in [0.05, 0.1) is 23.1 Å². The predicted molar refractivity (Wildman–Crippen MR) is 133 cm³/mol. The molecule has 8 heteroatoms. The van der Waals surface area contributed by atoms with Crippen LogP contribution in [-0.4, -0.2) is 22.0 Å². The van der Waals surface area contributed by atoms with E-state index in [2.05, 4.69) is 15.5 Å². The Morgan fingerprint density at radius 1 is 0.971 bits per heavy atom. The van der Waals surface area contributed by atoms with E-state index in [1.54, 1.807) is 23.6 Å². The molecule has 0 spiro atoms. The lowest BCUT2D eigenvalue weighted by Crippen LogP contribution is -2.24. The van der Waals surface area contributed by atoms with Gasteiger partial charge in [-0.3, -0.25) is 4.79 Å². The highest BCUT2D eigenvalue weighted by molar-refractivity contribution is 7.09. The number of hydrogen-bond donors (Lipinski definition) is 1. The second-order valence-corrected chi connectivity index (χ2v) is 8.80. The van der Waals surface area contributed by atoms with E-state index in [-0.39, 0.29) is 18.9 Å². The normalized spacial score (nSPS) is 10.9. The topological polar surface area (TPSA) is 94.3 Å². The van der Waals surface area contributed by atoms with Gasteiger partial charge in [-0.15, -0.1) is 11.3 Å². The first-order valence-corrected chi connectivity index (χ1v) is 11.9. The van der Waals surface area contributed by atoms with Crippen molar-refractivity contribution in [3.05, 3.63) is 106 Å². The summed E-state index contributed by atoms with van der Waals surface area (Å²) in [6.07, 6.45) is 0.178. The second kappa shape index (κ2) is 10.3. The number of thiazole rings is 1. The molecule has 0 aliphatic carbocycles. The molecule has 3 aromatic carbocycles. The maximum Gasteiger partial charge on any atom is 0.338 e. The summed E-state index contributed by atoms with van der Waals surface area (Å²) in [4.78, 5) is 29.3. The third-order valence-corrected chi connectivity index (χ3v) is 6.24. The SMILES string of the molecule is O=C(Cc1nc(COC(=O)c2ccc3noc(-c4ccccc4)c3c2)cs1)NCc1ccccc1. The monoisotopic (exact) mass is 483 g/mol. The van der Waals surface area contributed by atoms with Crippen LogP contribution < -0.4 is 5.32 Å². The molecule has 0 saturated heterocycles. The smallest absolute Gasteiger partial charge is 0.338 e. The van der Waals surface area contributed by atoms with Gasteiger partial charge in [0, 0.05) is 17.5 Å². The van der Waals surface area contributed by atoms with Gasteiger partial charge < -0.3 is 14.6 Å². The molecule has 5 aromatic rings. The predicted octanol–water partition coefficient (Wildman–Crippen LogP) is 5.17. The highest BCUT2D eigenvalue weighted by Crippen LogP contribution is 2.29. The van der Waals surface area contributed by atoms with Crippen LogP contribution in [0.15, 0.2) is 88.8 Å². The molecule has 0 saturated carbocycles. The number of benzene rings is 3. The summed E-state index contributed by atoms with van der Waals surface area (Å²) in [7, 11) is 0. The summed E-state index contributed by atoms with van der Waals surface area (Å²) >= 11 is 1.37. The molecule has 5 rings (SSSR count). The van der Waals surface area contributed by atoms with E-state index >= 15 is 0 Å². The quantitative estimate of drug-likeness (QED) is 0.306. The Balaban J connectivity index is 1.18. The van der Waals surface area contributed by atoms with Gasteiger partial charge >= 0.3 is 5.97 Å². The average Bonchev–Trinajstić information content (AvgIpc) is 3.53. The number of carbonyl (C=O) groups is 2. The van der Waals surface area contributed by atoms with Crippen LogP contribution in [0.5, 0.6) is 0 Å². The van der Waals surface area contributed by atoms with E-state index in [4.69, 9.17) is 9.26 Å². The lowest BCUT2D eigenvalue weighted by molar-refractivity contribution is -0.120. The molecule has 0 unspecified atom stereocenters. The number of ether oxygens (including phenoxy) is 1. The number of aromatic nitrogens is 2. The van der Waals surface area contributed by atoms with Crippen LogP contribution >= 0.6 is 11.3 Å². The largest absolute Gasteiger partial charge is 0.456 e. The lowest BCUT2D eigenvalue weighted by Gasteiger charge is -2.04. The highest BCUT2D eigenvalue weighted by atomic mass is 32.1. The van der Waals surface area contributed by atoms with Crippen LogP contribution in [0.1, 0.15) is 26.6 Å². The molecule has 2 heterocycles. The molecule has 0 bridgehead atoms. The van der Waals surface area contributed by atoms with Gasteiger partial charge in [0.25, 0.3) is 0 Å². The van der Waals surface area contributed by atoms with Gasteiger partial charge in [0.1, 0.15) is 17.1 Å². The molecule has 0 aliphatic rings. The Morgan fingerprint density at radius 3 is 2.54 bits per heavy atom. The first kappa shape index (κ1) is 22.5. The molecule has 174 valence electrons. The number of nitrogens with one attached hydrogen (secondary N) is 1. The molecule has 35 heavy (non-hydrogen) atoms. The molecule has 2 aromatic heterocycles. The minimum atomic E-state index is -0.470. The number of esters is 1. The Bertz CT molecular complexity index is 1460. The molecule has 0 aliphatic heterocycles. The molecule has 7 nitrogen and oxygen atoms in total. The molecular formula is C27H21N3O4S. The first-order valence-electron chi connectivity index (χ1n) is 11.0. The van der Waals surface area contributed by atoms with Crippen LogP contribution in [0.2, 0.25) is 0 Å². The molecule has 1 amide bonds. The van der Waals surface area contributed by atoms with E-state index in [0.29, 0.717) is 34.1 Å². The lowest BCUT2D eigenvalue weighted by atomic mass is 10.1. The third-order valence-electron chi connectivity index (χ3n) is 5.34. The van der Waals surface area contributed by atoms with Crippen LogP contribution in [0.3, 0.4) is 0 Å². The van der Waals surface area contributed by atoms with Crippen molar-refractivity contribution in [1.29, 1.82) is 0 Å². The van der Waals surface area contributed by atoms with Gasteiger partial charge in [-0.25, -0.2) is 9.78 Å². The maximum absolute atomic E-state index is 12.7. The maximum atomic E-state index is 12.7. The standard InChI is InChI=1S/C27H21N3O4S/c31-24(28-15-18-7-3-1-4-8-18)14-25-29-21(17-35-25)16-33-27(32)20-11-12-23-22(13-20)26(34-30-23)19-9-5-2-6-10-19/h1-13,17H,14-16H2,(H,28,31). The summed E-state index contributed by atoms with van der Waals surface area (Å²) < 4.78 is 11.0. The van der Waals surface area contributed by atoms with E-state index in [0.717, 1.165) is 16.5 Å². The van der Waals surface area contributed by atoms with Crippen molar-refractivity contribution in [3.63, 3.8) is 0 Å². The highest BCUT2D eigenvalue weighted by Gasteiger charge is 2.16. The number of rotatable bonds is 8. The van der Waals surface area contributed by atoms with Crippen molar-refractivity contribution in [3.8, 4) is 11.3 Å². The van der Waals surface area contributed by atoms with E-state index in [1.165, 1.54) is 11.3 Å². The van der Waals surface area contributed by atoms with Gasteiger partial charge in [0.2, 0.25) is 5.91 Å². The summed E-state index contributed by atoms with van der Waals surface area (Å²) in [5, 5.41) is 10.2. The molecule has 0 fully saturated rings. The van der Waals surface area contributed by atoms with Crippen molar-refractivity contribution in [1.82, 2.24) is 15.5 Å². The number of nitrogens with zero attached hydrogens (tertiary/aromatic N) is 2. The summed E-state index contributed by atoms with van der Waals surface area (Å²) in [5.74, 6) is 0.0233. The fourth-order valence-corrected chi connectivity index (χ4v) is 4.36. The number of fused-ring (bicyclic) bond motifs is 1. The van der Waals surface area contributed by atoms with Crippen molar-refractivity contribution in [2.24, 2.45) is 0 Å². The Kier molecular flexibility index (Phi) is 6.63. The Morgan fingerprint density at radius 2 is 1.74 bits per heavy atom. The van der Waals surface area contributed by atoms with Crippen LogP contribution in [-0.2, 0) is 29.1 Å². The van der Waals surface area contributed by atoms with Gasteiger partial charge in [0.15, 0.2) is 5.76 Å². The van der Waals surface area contributed by atoms with Crippen LogP contribution in [0.4, 0.5) is 0 Å². The summed E-state index contributed by atoms with van der Waals surface area (Å²) in [6, 6.07) is 24.4. The fourth-order valence-electron chi connectivity index (χ4n) is 3.58. The van der Waals surface area contributed by atoms with Gasteiger partial charge in [-0.2, -0.15) is 0 Å². The Hall–Kier alpha value is -4.30. The van der Waals surface area contributed by atoms with Gasteiger partial charge in [-0.05, 0) is 23.8 Å². The Labute approximate surface area is 205 Å². The van der Waals surface area contributed by atoms with E-state index in [9.17, 15) is 9.59 Å². The van der Waals surface area contributed by atoms with E-state index in [1.807, 2.05) is 60.7 Å². The second-order valence-electron chi connectivity index (χ2n) is 7.86. The average molecular weight is 484 g/mol. The number of hydrogen-bond acceptors (Lipinski definition) is 7. The zero-order valence-corrected chi connectivity index (χ0v) is 19.5. The zero-order chi connectivity index (χ0) is 24.0. The number of carbonyl (C=O) groups excluding carboxylic acids is 2. The first-order chi connectivity index (χ1) is 17.2. The third kappa shape index (κ3) is 5.44. The molecule has 1 N–H and O–H groups in total.